The summed E-state index contributed by atoms with van der Waals surface area (Å²) in [6.07, 6.45) is 5.70. The van der Waals surface area contributed by atoms with Crippen molar-refractivity contribution in [2.45, 2.75) is 18.9 Å². The van der Waals surface area contributed by atoms with E-state index in [-0.39, 0.29) is 0 Å². The zero-order valence-corrected chi connectivity index (χ0v) is 8.03. The molecule has 1 N–H and O–H groups in total. The van der Waals surface area contributed by atoms with Gasteiger partial charge >= 0.3 is 0 Å². The molecule has 0 amide bonds. The molecule has 0 radical (unpaired) electrons. The van der Waals surface area contributed by atoms with Crippen LogP contribution in [0, 0.1) is 0 Å². The number of nitrogens with one attached hydrogen (secondary N) is 1. The molecule has 1 heterocycles. The van der Waals surface area contributed by atoms with Gasteiger partial charge in [0.1, 0.15) is 0 Å². The highest BCUT2D eigenvalue weighted by molar-refractivity contribution is 5.05. The largest absolute Gasteiger partial charge is 0.316 e. The van der Waals surface area contributed by atoms with E-state index in [0.29, 0.717) is 6.04 Å². The van der Waals surface area contributed by atoms with Gasteiger partial charge in [0, 0.05) is 24.4 Å². The third-order valence-corrected chi connectivity index (χ3v) is 2.04. The van der Waals surface area contributed by atoms with Crippen LogP contribution in [0.25, 0.3) is 0 Å². The minimum atomic E-state index is 0.451. The molecule has 0 spiro atoms. The molecule has 1 rings (SSSR count). The Kier molecular flexibility index (Phi) is 4.19. The highest BCUT2D eigenvalue weighted by Crippen LogP contribution is 2.02. The van der Waals surface area contributed by atoms with Crippen molar-refractivity contribution < 1.29 is 0 Å². The lowest BCUT2D eigenvalue weighted by Crippen LogP contribution is -2.27. The maximum atomic E-state index is 4.27. The zero-order chi connectivity index (χ0) is 9.52. The molecule has 0 bridgehead atoms. The van der Waals surface area contributed by atoms with Crippen molar-refractivity contribution in [1.82, 2.24) is 10.3 Å². The molecule has 1 aromatic rings. The van der Waals surface area contributed by atoms with Crippen molar-refractivity contribution in [3.05, 3.63) is 42.7 Å². The number of aromatic nitrogens is 1. The molecule has 70 valence electrons. The first-order chi connectivity index (χ1) is 6.36. The number of likely N-dealkylation sites (N-methyl/N-ethyl adjacent to an activating group) is 1. The maximum absolute atomic E-state index is 4.27. The predicted molar refractivity (Wildman–Crippen MR) is 55.6 cm³/mol. The molecular weight excluding hydrogens is 160 g/mol. The fourth-order valence-corrected chi connectivity index (χ4v) is 1.28. The quantitative estimate of drug-likeness (QED) is 0.692. The third kappa shape index (κ3) is 3.38. The summed E-state index contributed by atoms with van der Waals surface area (Å²) < 4.78 is 0. The fraction of sp³-hybridized carbons (Fsp3) is 0.364. The Bertz CT molecular complexity index is 244. The van der Waals surface area contributed by atoms with Gasteiger partial charge in [0.15, 0.2) is 0 Å². The highest BCUT2D eigenvalue weighted by Gasteiger charge is 2.04. The van der Waals surface area contributed by atoms with Gasteiger partial charge in [-0.2, -0.15) is 0 Å². The average Bonchev–Trinajstić information content (AvgIpc) is 2.19. The van der Waals surface area contributed by atoms with Crippen LogP contribution >= 0.6 is 0 Å². The molecule has 0 aliphatic heterocycles. The van der Waals surface area contributed by atoms with E-state index in [0.717, 1.165) is 18.5 Å². The van der Waals surface area contributed by atoms with E-state index in [9.17, 15) is 0 Å². The van der Waals surface area contributed by atoms with Crippen LogP contribution < -0.4 is 5.32 Å². The van der Waals surface area contributed by atoms with Gasteiger partial charge in [0.05, 0.1) is 0 Å². The molecule has 0 saturated carbocycles. The number of rotatable bonds is 5. The fourth-order valence-electron chi connectivity index (χ4n) is 1.28. The molecule has 13 heavy (non-hydrogen) atoms. The molecule has 0 fully saturated rings. The summed E-state index contributed by atoms with van der Waals surface area (Å²) in [5.41, 5.74) is 1.13. The van der Waals surface area contributed by atoms with Gasteiger partial charge in [0.25, 0.3) is 0 Å². The lowest BCUT2D eigenvalue weighted by molar-refractivity contribution is 0.560. The van der Waals surface area contributed by atoms with Crippen molar-refractivity contribution in [3.63, 3.8) is 0 Å². The molecule has 0 saturated heterocycles. The zero-order valence-electron chi connectivity index (χ0n) is 8.03. The van der Waals surface area contributed by atoms with Gasteiger partial charge in [-0.25, -0.2) is 0 Å². The third-order valence-electron chi connectivity index (χ3n) is 2.04. The molecule has 1 aromatic heterocycles. The molecule has 2 nitrogen and oxygen atoms in total. The molecule has 1 atom stereocenters. The summed E-state index contributed by atoms with van der Waals surface area (Å²) in [5, 5.41) is 3.24. The van der Waals surface area contributed by atoms with Crippen LogP contribution in [0.2, 0.25) is 0 Å². The summed E-state index contributed by atoms with van der Waals surface area (Å²) in [4.78, 5) is 4.27. The Morgan fingerprint density at radius 2 is 2.46 bits per heavy atom. The number of nitrogens with zero attached hydrogens (tertiary/aromatic N) is 1. The van der Waals surface area contributed by atoms with Crippen LogP contribution in [-0.4, -0.2) is 18.1 Å². The van der Waals surface area contributed by atoms with Crippen LogP contribution in [0.4, 0.5) is 0 Å². The van der Waals surface area contributed by atoms with Crippen molar-refractivity contribution in [2.75, 3.05) is 7.05 Å². The number of hydrogen-bond donors (Lipinski definition) is 1. The average molecular weight is 176 g/mol. The van der Waals surface area contributed by atoms with Gasteiger partial charge < -0.3 is 5.32 Å². The van der Waals surface area contributed by atoms with Crippen LogP contribution in [0.1, 0.15) is 12.1 Å². The first-order valence-electron chi connectivity index (χ1n) is 4.55. The molecular formula is C11H16N2. The van der Waals surface area contributed by atoms with Crippen molar-refractivity contribution >= 4 is 0 Å². The lowest BCUT2D eigenvalue weighted by atomic mass is 10.1. The van der Waals surface area contributed by atoms with Crippen LogP contribution in [0.15, 0.2) is 37.1 Å². The summed E-state index contributed by atoms with van der Waals surface area (Å²) >= 11 is 0. The second-order valence-electron chi connectivity index (χ2n) is 3.04. The van der Waals surface area contributed by atoms with Crippen LogP contribution in [0.5, 0.6) is 0 Å². The Balaban J connectivity index is 2.51. The van der Waals surface area contributed by atoms with E-state index in [2.05, 4.69) is 16.9 Å². The van der Waals surface area contributed by atoms with E-state index in [1.54, 1.807) is 0 Å². The Morgan fingerprint density at radius 1 is 1.62 bits per heavy atom. The van der Waals surface area contributed by atoms with E-state index < -0.39 is 0 Å². The van der Waals surface area contributed by atoms with E-state index in [1.165, 1.54) is 0 Å². The SMILES string of the molecule is C=CCC(Cc1ccccn1)NC. The first kappa shape index (κ1) is 9.93. The molecule has 0 aliphatic rings. The minimum Gasteiger partial charge on any atom is -0.316 e. The smallest absolute Gasteiger partial charge is 0.0419 e. The Labute approximate surface area is 79.7 Å². The van der Waals surface area contributed by atoms with Crippen molar-refractivity contribution in [1.29, 1.82) is 0 Å². The van der Waals surface area contributed by atoms with Gasteiger partial charge in [-0.3, -0.25) is 4.98 Å². The molecule has 0 aromatic carbocycles. The van der Waals surface area contributed by atoms with Gasteiger partial charge in [-0.1, -0.05) is 12.1 Å². The molecule has 2 heteroatoms. The second kappa shape index (κ2) is 5.49. The van der Waals surface area contributed by atoms with Gasteiger partial charge in [-0.15, -0.1) is 6.58 Å². The Hall–Kier alpha value is -1.15. The summed E-state index contributed by atoms with van der Waals surface area (Å²) in [7, 11) is 1.97. The normalized spacial score (nSPS) is 12.4. The van der Waals surface area contributed by atoms with Crippen molar-refractivity contribution in [3.8, 4) is 0 Å². The van der Waals surface area contributed by atoms with Crippen molar-refractivity contribution in [2.24, 2.45) is 0 Å². The minimum absolute atomic E-state index is 0.451. The highest BCUT2D eigenvalue weighted by atomic mass is 14.9. The van der Waals surface area contributed by atoms with Gasteiger partial charge in [-0.05, 0) is 25.6 Å². The van der Waals surface area contributed by atoms with Crippen LogP contribution in [-0.2, 0) is 6.42 Å². The topological polar surface area (TPSA) is 24.9 Å². The standard InChI is InChI=1S/C11H16N2/c1-3-6-10(12-2)9-11-7-4-5-8-13-11/h3-5,7-8,10,12H,1,6,9H2,2H3. The van der Waals surface area contributed by atoms with E-state index >= 15 is 0 Å². The first-order valence-corrected chi connectivity index (χ1v) is 4.55. The second-order valence-corrected chi connectivity index (χ2v) is 3.04. The monoisotopic (exact) mass is 176 g/mol. The lowest BCUT2D eigenvalue weighted by Gasteiger charge is -2.12. The van der Waals surface area contributed by atoms with E-state index in [1.807, 2.05) is 37.5 Å². The summed E-state index contributed by atoms with van der Waals surface area (Å²) in [6.45, 7) is 3.73. The summed E-state index contributed by atoms with van der Waals surface area (Å²) in [6, 6.07) is 6.45. The maximum Gasteiger partial charge on any atom is 0.0419 e. The summed E-state index contributed by atoms with van der Waals surface area (Å²) in [5.74, 6) is 0. The molecule has 1 unspecified atom stereocenters. The van der Waals surface area contributed by atoms with Gasteiger partial charge in [0.2, 0.25) is 0 Å². The van der Waals surface area contributed by atoms with E-state index in [4.69, 9.17) is 0 Å². The number of hydrogen-bond acceptors (Lipinski definition) is 2. The predicted octanol–water partition coefficient (Wildman–Crippen LogP) is 1.79. The molecule has 0 aliphatic carbocycles. The Morgan fingerprint density at radius 3 is 3.00 bits per heavy atom. The van der Waals surface area contributed by atoms with Crippen LogP contribution in [0.3, 0.4) is 0 Å². The number of pyridine rings is 1.